The largest absolute Gasteiger partial charge is 0.378 e. The van der Waals surface area contributed by atoms with Gasteiger partial charge in [0.25, 0.3) is 0 Å². The fourth-order valence-corrected chi connectivity index (χ4v) is 1.76. The predicted molar refractivity (Wildman–Crippen MR) is 46.4 cm³/mol. The molecule has 1 fully saturated rings. The molecular formula is C9H19NO. The van der Waals surface area contributed by atoms with Gasteiger partial charge in [-0.1, -0.05) is 0 Å². The van der Waals surface area contributed by atoms with Crippen molar-refractivity contribution in [3.63, 3.8) is 0 Å². The maximum absolute atomic E-state index is 5.68. The van der Waals surface area contributed by atoms with Crippen molar-refractivity contribution in [3.05, 3.63) is 0 Å². The molecule has 0 heterocycles. The Kier molecular flexibility index (Phi) is 3.34. The maximum atomic E-state index is 5.68. The highest BCUT2D eigenvalue weighted by Crippen LogP contribution is 2.33. The van der Waals surface area contributed by atoms with Crippen molar-refractivity contribution in [2.24, 2.45) is 11.7 Å². The van der Waals surface area contributed by atoms with E-state index in [0.717, 1.165) is 12.5 Å². The molecule has 0 aromatic carbocycles. The lowest BCUT2D eigenvalue weighted by Gasteiger charge is -2.35. The molecule has 0 aliphatic heterocycles. The summed E-state index contributed by atoms with van der Waals surface area (Å²) < 4.78 is 5.45. The van der Waals surface area contributed by atoms with Crippen LogP contribution in [0.3, 0.4) is 0 Å². The van der Waals surface area contributed by atoms with Crippen molar-refractivity contribution in [3.8, 4) is 0 Å². The van der Waals surface area contributed by atoms with Gasteiger partial charge in [0.1, 0.15) is 0 Å². The molecule has 1 unspecified atom stereocenters. The fourth-order valence-electron chi connectivity index (χ4n) is 1.76. The summed E-state index contributed by atoms with van der Waals surface area (Å²) in [7, 11) is 0. The number of rotatable bonds is 4. The van der Waals surface area contributed by atoms with E-state index in [1.807, 2.05) is 0 Å². The molecule has 2 nitrogen and oxygen atoms in total. The number of hydrogen-bond donors (Lipinski definition) is 1. The maximum Gasteiger partial charge on any atom is 0.0580 e. The molecule has 66 valence electrons. The number of hydrogen-bond acceptors (Lipinski definition) is 2. The second-order valence-corrected chi connectivity index (χ2v) is 3.63. The van der Waals surface area contributed by atoms with Crippen molar-refractivity contribution >= 4 is 0 Å². The molecule has 1 saturated carbocycles. The summed E-state index contributed by atoms with van der Waals surface area (Å²) in [5.41, 5.74) is 5.68. The van der Waals surface area contributed by atoms with Crippen molar-refractivity contribution < 1.29 is 4.74 Å². The SMILES string of the molecule is CCOC1CC(CC(C)N)C1. The highest BCUT2D eigenvalue weighted by atomic mass is 16.5. The second-order valence-electron chi connectivity index (χ2n) is 3.63. The monoisotopic (exact) mass is 157 g/mol. The van der Waals surface area contributed by atoms with Gasteiger partial charge in [-0.2, -0.15) is 0 Å². The van der Waals surface area contributed by atoms with Gasteiger partial charge in [-0.15, -0.1) is 0 Å². The number of ether oxygens (including phenoxy) is 1. The van der Waals surface area contributed by atoms with Crippen LogP contribution >= 0.6 is 0 Å². The first-order chi connectivity index (χ1) is 5.22. The van der Waals surface area contributed by atoms with Crippen molar-refractivity contribution in [2.75, 3.05) is 6.61 Å². The van der Waals surface area contributed by atoms with Crippen molar-refractivity contribution in [1.82, 2.24) is 0 Å². The highest BCUT2D eigenvalue weighted by Gasteiger charge is 2.29. The standard InChI is InChI=1S/C9H19NO/c1-3-11-9-5-8(6-9)4-7(2)10/h7-9H,3-6,10H2,1-2H3. The molecule has 0 aromatic rings. The Labute approximate surface area is 69.1 Å². The van der Waals surface area contributed by atoms with Crippen LogP contribution in [0.5, 0.6) is 0 Å². The van der Waals surface area contributed by atoms with Crippen LogP contribution in [-0.4, -0.2) is 18.8 Å². The van der Waals surface area contributed by atoms with E-state index in [1.165, 1.54) is 19.3 Å². The molecule has 1 aliphatic carbocycles. The third-order valence-electron chi connectivity index (χ3n) is 2.30. The molecule has 11 heavy (non-hydrogen) atoms. The average molecular weight is 157 g/mol. The molecule has 1 rings (SSSR count). The molecule has 1 aliphatic rings. The molecule has 0 bridgehead atoms. The fraction of sp³-hybridized carbons (Fsp3) is 1.00. The van der Waals surface area contributed by atoms with Crippen molar-refractivity contribution in [2.45, 2.75) is 45.3 Å². The molecule has 1 atom stereocenters. The van der Waals surface area contributed by atoms with E-state index in [1.54, 1.807) is 0 Å². The van der Waals surface area contributed by atoms with Gasteiger partial charge in [0, 0.05) is 12.6 Å². The van der Waals surface area contributed by atoms with Crippen LogP contribution in [0.15, 0.2) is 0 Å². The van der Waals surface area contributed by atoms with E-state index in [0.29, 0.717) is 12.1 Å². The van der Waals surface area contributed by atoms with Gasteiger partial charge in [0.2, 0.25) is 0 Å². The molecule has 0 radical (unpaired) electrons. The minimum Gasteiger partial charge on any atom is -0.378 e. The van der Waals surface area contributed by atoms with Crippen LogP contribution < -0.4 is 5.73 Å². The minimum atomic E-state index is 0.363. The second kappa shape index (κ2) is 4.07. The van der Waals surface area contributed by atoms with Crippen LogP contribution in [0.4, 0.5) is 0 Å². The Morgan fingerprint density at radius 3 is 2.64 bits per heavy atom. The summed E-state index contributed by atoms with van der Waals surface area (Å²) in [4.78, 5) is 0. The Hall–Kier alpha value is -0.0800. The van der Waals surface area contributed by atoms with Gasteiger partial charge in [0.15, 0.2) is 0 Å². The molecule has 0 amide bonds. The highest BCUT2D eigenvalue weighted by molar-refractivity contribution is 4.81. The molecule has 2 N–H and O–H groups in total. The predicted octanol–water partition coefficient (Wildman–Crippen LogP) is 1.54. The zero-order chi connectivity index (χ0) is 8.27. The van der Waals surface area contributed by atoms with E-state index in [9.17, 15) is 0 Å². The third-order valence-corrected chi connectivity index (χ3v) is 2.30. The molecule has 2 heteroatoms. The van der Waals surface area contributed by atoms with Gasteiger partial charge in [0.05, 0.1) is 6.10 Å². The Balaban J connectivity index is 2.00. The molecule has 0 saturated heterocycles. The normalized spacial score (nSPS) is 33.0. The first-order valence-electron chi connectivity index (χ1n) is 4.59. The van der Waals surface area contributed by atoms with Gasteiger partial charge in [-0.25, -0.2) is 0 Å². The van der Waals surface area contributed by atoms with E-state index >= 15 is 0 Å². The first kappa shape index (κ1) is 9.01. The summed E-state index contributed by atoms with van der Waals surface area (Å²) in [5, 5.41) is 0. The van der Waals surface area contributed by atoms with Crippen molar-refractivity contribution in [1.29, 1.82) is 0 Å². The number of nitrogens with two attached hydrogens (primary N) is 1. The van der Waals surface area contributed by atoms with Gasteiger partial charge >= 0.3 is 0 Å². The molecular weight excluding hydrogens is 138 g/mol. The zero-order valence-electron chi connectivity index (χ0n) is 7.55. The smallest absolute Gasteiger partial charge is 0.0580 e. The minimum absolute atomic E-state index is 0.363. The summed E-state index contributed by atoms with van der Waals surface area (Å²) >= 11 is 0. The average Bonchev–Trinajstić information content (AvgIpc) is 1.82. The van der Waals surface area contributed by atoms with Crippen LogP contribution in [0, 0.1) is 5.92 Å². The van der Waals surface area contributed by atoms with Gasteiger partial charge < -0.3 is 10.5 Å². The quantitative estimate of drug-likeness (QED) is 0.672. The lowest BCUT2D eigenvalue weighted by Crippen LogP contribution is -2.34. The lowest BCUT2D eigenvalue weighted by atomic mass is 9.78. The molecule has 0 spiro atoms. The van der Waals surface area contributed by atoms with E-state index < -0.39 is 0 Å². The van der Waals surface area contributed by atoms with Crippen LogP contribution in [0.2, 0.25) is 0 Å². The summed E-state index contributed by atoms with van der Waals surface area (Å²) in [6.45, 7) is 4.99. The lowest BCUT2D eigenvalue weighted by molar-refractivity contribution is -0.0277. The summed E-state index contributed by atoms with van der Waals surface area (Å²) in [6.07, 6.45) is 4.18. The van der Waals surface area contributed by atoms with Gasteiger partial charge in [-0.3, -0.25) is 0 Å². The van der Waals surface area contributed by atoms with Crippen LogP contribution in [0.1, 0.15) is 33.1 Å². The van der Waals surface area contributed by atoms with E-state index in [-0.39, 0.29) is 0 Å². The Morgan fingerprint density at radius 1 is 1.55 bits per heavy atom. The Bertz CT molecular complexity index is 108. The van der Waals surface area contributed by atoms with Crippen LogP contribution in [0.25, 0.3) is 0 Å². The molecule has 0 aromatic heterocycles. The zero-order valence-corrected chi connectivity index (χ0v) is 7.55. The van der Waals surface area contributed by atoms with E-state index in [4.69, 9.17) is 10.5 Å². The van der Waals surface area contributed by atoms with E-state index in [2.05, 4.69) is 13.8 Å². The topological polar surface area (TPSA) is 35.2 Å². The van der Waals surface area contributed by atoms with Crippen LogP contribution in [-0.2, 0) is 4.74 Å². The van der Waals surface area contributed by atoms with Gasteiger partial charge in [-0.05, 0) is 39.0 Å². The Morgan fingerprint density at radius 2 is 2.18 bits per heavy atom. The first-order valence-corrected chi connectivity index (χ1v) is 4.59. The summed E-state index contributed by atoms with van der Waals surface area (Å²) in [5.74, 6) is 0.839. The summed E-state index contributed by atoms with van der Waals surface area (Å²) in [6, 6.07) is 0.363. The third kappa shape index (κ3) is 2.80.